The Kier molecular flexibility index (Phi) is 6.82. The smallest absolute Gasteiger partial charge is 0.358 e. The van der Waals surface area contributed by atoms with E-state index in [0.29, 0.717) is 29.6 Å². The van der Waals surface area contributed by atoms with Gasteiger partial charge in [-0.05, 0) is 32.4 Å². The van der Waals surface area contributed by atoms with E-state index in [-0.39, 0.29) is 41.7 Å². The molecule has 15 heteroatoms. The summed E-state index contributed by atoms with van der Waals surface area (Å²) in [6.45, 7) is 6.19. The average Bonchev–Trinajstić information content (AvgIpc) is 3.54. The molecule has 5 rings (SSSR count). The van der Waals surface area contributed by atoms with E-state index in [9.17, 15) is 24.3 Å². The summed E-state index contributed by atoms with van der Waals surface area (Å²) < 4.78 is 17.1. The number of anilines is 1. The minimum Gasteiger partial charge on any atom is -0.477 e. The summed E-state index contributed by atoms with van der Waals surface area (Å²) >= 11 is 1.03. The van der Waals surface area contributed by atoms with Crippen LogP contribution in [0.5, 0.6) is 0 Å². The molecule has 1 fully saturated rings. The second kappa shape index (κ2) is 10.2. The predicted octanol–water partition coefficient (Wildman–Crippen LogP) is 1.86. The van der Waals surface area contributed by atoms with Crippen molar-refractivity contribution in [2.45, 2.75) is 26.8 Å². The van der Waals surface area contributed by atoms with Crippen LogP contribution in [0.2, 0.25) is 0 Å². The van der Waals surface area contributed by atoms with Gasteiger partial charge in [-0.1, -0.05) is 0 Å². The molecular weight excluding hydrogens is 530 g/mol. The first-order valence-electron chi connectivity index (χ1n) is 12.0. The summed E-state index contributed by atoms with van der Waals surface area (Å²) in [6, 6.07) is 2.79. The lowest BCUT2D eigenvalue weighted by Crippen LogP contribution is -2.49. The van der Waals surface area contributed by atoms with Gasteiger partial charge >= 0.3 is 17.9 Å². The van der Waals surface area contributed by atoms with Gasteiger partial charge in [-0.3, -0.25) is 14.0 Å². The number of pyridine rings is 2. The Hall–Kier alpha value is -4.66. The summed E-state index contributed by atoms with van der Waals surface area (Å²) in [5.41, 5.74) is -0.107. The quantitative estimate of drug-likeness (QED) is 0.314. The molecule has 202 valence electrons. The molecule has 0 radical (unpaired) electrons. The Morgan fingerprint density at radius 3 is 2.49 bits per heavy atom. The monoisotopic (exact) mass is 553 g/mol. The topological polar surface area (TPSA) is 172 Å². The first-order valence-corrected chi connectivity index (χ1v) is 12.8. The van der Waals surface area contributed by atoms with E-state index >= 15 is 0 Å². The van der Waals surface area contributed by atoms with Crippen molar-refractivity contribution in [2.24, 2.45) is 0 Å². The lowest BCUT2D eigenvalue weighted by atomic mass is 10.1. The van der Waals surface area contributed by atoms with Crippen LogP contribution in [-0.2, 0) is 9.47 Å². The van der Waals surface area contributed by atoms with Crippen LogP contribution in [0.4, 0.5) is 5.82 Å². The van der Waals surface area contributed by atoms with Crippen LogP contribution in [0.1, 0.15) is 56.8 Å². The lowest BCUT2D eigenvalue weighted by molar-refractivity contribution is 0.0501. The van der Waals surface area contributed by atoms with Crippen LogP contribution in [-0.4, -0.2) is 78.0 Å². The fourth-order valence-corrected chi connectivity index (χ4v) is 4.85. The molecule has 0 spiro atoms. The zero-order valence-electron chi connectivity index (χ0n) is 21.2. The van der Waals surface area contributed by atoms with Gasteiger partial charge in [0.1, 0.15) is 23.4 Å². The summed E-state index contributed by atoms with van der Waals surface area (Å²) in [7, 11) is 0. The molecule has 14 nitrogen and oxygen atoms in total. The van der Waals surface area contributed by atoms with Gasteiger partial charge in [0.05, 0.1) is 24.6 Å². The van der Waals surface area contributed by atoms with Gasteiger partial charge in [-0.2, -0.15) is 9.47 Å². The van der Waals surface area contributed by atoms with Crippen molar-refractivity contribution in [1.29, 1.82) is 0 Å². The largest absolute Gasteiger partial charge is 0.477 e. The SMILES string of the molecule is CCOC(=O)c1cc(C(=O)OCC)n(C2CN(c3cc(C)c4c(=O)c(C(=O)O)cn(-c5ncns5)c4n3)C2)n1. The number of esters is 2. The van der Waals surface area contributed by atoms with Gasteiger partial charge in [0.15, 0.2) is 11.3 Å². The lowest BCUT2D eigenvalue weighted by Gasteiger charge is -2.40. The average molecular weight is 554 g/mol. The number of hydrogen-bond donors (Lipinski definition) is 1. The van der Waals surface area contributed by atoms with Crippen molar-refractivity contribution in [1.82, 2.24) is 28.7 Å². The minimum absolute atomic E-state index is 0.00772. The third-order valence-corrected chi connectivity index (χ3v) is 6.83. The van der Waals surface area contributed by atoms with E-state index in [1.165, 1.54) is 27.8 Å². The van der Waals surface area contributed by atoms with E-state index in [1.807, 2.05) is 4.90 Å². The van der Waals surface area contributed by atoms with E-state index < -0.39 is 28.9 Å². The minimum atomic E-state index is -1.35. The molecule has 0 atom stereocenters. The fraction of sp³-hybridized carbons (Fsp3) is 0.333. The van der Waals surface area contributed by atoms with Crippen molar-refractivity contribution in [2.75, 3.05) is 31.2 Å². The zero-order chi connectivity index (χ0) is 27.8. The maximum Gasteiger partial charge on any atom is 0.358 e. The Bertz CT molecular complexity index is 1660. The van der Waals surface area contributed by atoms with Gasteiger partial charge in [0.2, 0.25) is 10.6 Å². The number of carboxylic acids is 1. The van der Waals surface area contributed by atoms with Crippen LogP contribution < -0.4 is 10.3 Å². The summed E-state index contributed by atoms with van der Waals surface area (Å²) in [6.07, 6.45) is 2.53. The number of carbonyl (C=O) groups is 3. The Balaban J connectivity index is 1.51. The first kappa shape index (κ1) is 26.0. The maximum atomic E-state index is 13.0. The predicted molar refractivity (Wildman–Crippen MR) is 138 cm³/mol. The highest BCUT2D eigenvalue weighted by Crippen LogP contribution is 2.31. The molecule has 4 aromatic heterocycles. The molecule has 0 saturated carbocycles. The normalized spacial score (nSPS) is 13.4. The van der Waals surface area contributed by atoms with Gasteiger partial charge in [-0.15, -0.1) is 0 Å². The highest BCUT2D eigenvalue weighted by molar-refractivity contribution is 7.08. The molecule has 0 aliphatic carbocycles. The van der Waals surface area contributed by atoms with Gasteiger partial charge in [0.25, 0.3) is 0 Å². The van der Waals surface area contributed by atoms with E-state index in [1.54, 1.807) is 26.8 Å². The number of hydrogen-bond acceptors (Lipinski definition) is 12. The molecule has 0 bridgehead atoms. The second-order valence-corrected chi connectivity index (χ2v) is 9.38. The molecule has 5 heterocycles. The molecule has 1 N–H and O–H groups in total. The van der Waals surface area contributed by atoms with Crippen LogP contribution in [0.3, 0.4) is 0 Å². The highest BCUT2D eigenvalue weighted by atomic mass is 32.1. The summed E-state index contributed by atoms with van der Waals surface area (Å²) in [5.74, 6) is -2.06. The molecule has 0 unspecified atom stereocenters. The van der Waals surface area contributed by atoms with E-state index in [2.05, 4.69) is 19.4 Å². The van der Waals surface area contributed by atoms with Crippen molar-refractivity contribution in [3.8, 4) is 5.13 Å². The number of carbonyl (C=O) groups excluding carboxylic acids is 2. The van der Waals surface area contributed by atoms with Crippen LogP contribution >= 0.6 is 11.5 Å². The molecule has 1 aliphatic rings. The van der Waals surface area contributed by atoms with Gasteiger partial charge in [0, 0.05) is 36.9 Å². The zero-order valence-corrected chi connectivity index (χ0v) is 22.0. The number of aromatic carboxylic acids is 1. The Labute approximate surface area is 224 Å². The third-order valence-electron chi connectivity index (χ3n) is 6.17. The number of rotatable bonds is 8. The number of ether oxygens (including phenoxy) is 2. The standard InChI is InChI=1S/C24H23N7O7S/c1-4-37-22(35)15-7-16(23(36)38-5-2)31(28-15)13-8-29(9-13)17-6-12(3)18-19(32)14(21(33)34)10-30(20(18)27-17)24-25-11-26-39-24/h6-7,10-11,13H,4-5,8-9H2,1-3H3,(H,33,34). The van der Waals surface area contributed by atoms with Gasteiger partial charge < -0.3 is 19.5 Å². The number of carboxylic acid groups (broad SMARTS) is 1. The molecule has 1 aliphatic heterocycles. The summed E-state index contributed by atoms with van der Waals surface area (Å²) in [5, 5.41) is 14.4. The third kappa shape index (κ3) is 4.60. The van der Waals surface area contributed by atoms with Crippen molar-refractivity contribution in [3.63, 3.8) is 0 Å². The van der Waals surface area contributed by atoms with Crippen molar-refractivity contribution >= 4 is 46.3 Å². The molecule has 1 saturated heterocycles. The van der Waals surface area contributed by atoms with Crippen LogP contribution in [0.15, 0.2) is 29.5 Å². The number of fused-ring (bicyclic) bond motifs is 1. The van der Waals surface area contributed by atoms with E-state index in [4.69, 9.17) is 9.47 Å². The summed E-state index contributed by atoms with van der Waals surface area (Å²) in [4.78, 5) is 60.3. The Morgan fingerprint density at radius 1 is 1.13 bits per heavy atom. The van der Waals surface area contributed by atoms with Crippen molar-refractivity contribution in [3.05, 3.63) is 57.4 Å². The molecular formula is C24H23N7O7S. The number of nitrogens with zero attached hydrogens (tertiary/aromatic N) is 7. The Morgan fingerprint density at radius 2 is 1.85 bits per heavy atom. The van der Waals surface area contributed by atoms with Crippen LogP contribution in [0.25, 0.3) is 16.2 Å². The number of aromatic nitrogens is 6. The molecule has 39 heavy (non-hydrogen) atoms. The van der Waals surface area contributed by atoms with Gasteiger partial charge in [-0.25, -0.2) is 24.4 Å². The fourth-order valence-electron chi connectivity index (χ4n) is 4.34. The first-order chi connectivity index (χ1) is 18.7. The highest BCUT2D eigenvalue weighted by Gasteiger charge is 2.35. The maximum absolute atomic E-state index is 13.0. The van der Waals surface area contributed by atoms with Crippen LogP contribution in [0, 0.1) is 6.92 Å². The molecule has 0 amide bonds. The molecule has 4 aromatic rings. The van der Waals surface area contributed by atoms with Crippen molar-refractivity contribution < 1.29 is 29.0 Å². The molecule has 0 aromatic carbocycles. The number of aryl methyl sites for hydroxylation is 1. The second-order valence-electron chi connectivity index (χ2n) is 8.63. The van der Waals surface area contributed by atoms with E-state index in [0.717, 1.165) is 11.5 Å².